The first-order valence-electron chi connectivity index (χ1n) is 6.43. The lowest BCUT2D eigenvalue weighted by Crippen LogP contribution is -2.30. The van der Waals surface area contributed by atoms with Crippen LogP contribution in [0.15, 0.2) is 36.4 Å². The number of benzene rings is 2. The maximum atomic E-state index is 13.9. The molecular weight excluding hydrogens is 325 g/mol. The third-order valence-electron chi connectivity index (χ3n) is 3.47. The summed E-state index contributed by atoms with van der Waals surface area (Å²) in [6.45, 7) is 0. The van der Waals surface area contributed by atoms with Crippen LogP contribution in [0, 0.1) is 26.0 Å². The molecule has 0 spiro atoms. The summed E-state index contributed by atoms with van der Waals surface area (Å²) in [7, 11) is 0. The molecule has 2 aromatic rings. The SMILES string of the molecule is O=C1c2ccccc2C(=O)N1c1cc(F)c([N+](=O)[O-])cc1[N+](=O)[O-]. The predicted octanol–water partition coefficient (Wildman–Crippen LogP) is 2.44. The van der Waals surface area contributed by atoms with Crippen LogP contribution in [0.4, 0.5) is 21.5 Å². The number of hydrogen-bond acceptors (Lipinski definition) is 6. The van der Waals surface area contributed by atoms with E-state index in [1.165, 1.54) is 24.3 Å². The molecule has 0 N–H and O–H groups in total. The van der Waals surface area contributed by atoms with Crippen molar-refractivity contribution in [3.8, 4) is 0 Å². The molecule has 120 valence electrons. The number of carbonyl (C=O) groups is 2. The van der Waals surface area contributed by atoms with Crippen LogP contribution in [0.3, 0.4) is 0 Å². The number of amides is 2. The van der Waals surface area contributed by atoms with Gasteiger partial charge in [-0.15, -0.1) is 0 Å². The number of imide groups is 1. The maximum absolute atomic E-state index is 13.9. The third-order valence-corrected chi connectivity index (χ3v) is 3.47. The Balaban J connectivity index is 2.22. The lowest BCUT2D eigenvalue weighted by molar-refractivity contribution is -0.395. The number of halogens is 1. The van der Waals surface area contributed by atoms with Crippen LogP contribution in [0.2, 0.25) is 0 Å². The first-order valence-corrected chi connectivity index (χ1v) is 6.43. The van der Waals surface area contributed by atoms with Crippen molar-refractivity contribution in [2.75, 3.05) is 4.90 Å². The Morgan fingerprint density at radius 1 is 0.875 bits per heavy atom. The summed E-state index contributed by atoms with van der Waals surface area (Å²) in [6.07, 6.45) is 0. The molecule has 1 aliphatic heterocycles. The van der Waals surface area contributed by atoms with Crippen molar-refractivity contribution in [3.05, 3.63) is 73.6 Å². The summed E-state index contributed by atoms with van der Waals surface area (Å²) in [5, 5.41) is 21.9. The van der Waals surface area contributed by atoms with Crippen molar-refractivity contribution in [3.63, 3.8) is 0 Å². The Bertz CT molecular complexity index is 907. The Morgan fingerprint density at radius 3 is 1.83 bits per heavy atom. The van der Waals surface area contributed by atoms with Crippen molar-refractivity contribution in [1.29, 1.82) is 0 Å². The number of nitro benzene ring substituents is 2. The van der Waals surface area contributed by atoms with Crippen LogP contribution in [-0.2, 0) is 0 Å². The Kier molecular flexibility index (Phi) is 3.29. The van der Waals surface area contributed by atoms with E-state index >= 15 is 0 Å². The second-order valence-electron chi connectivity index (χ2n) is 4.80. The van der Waals surface area contributed by atoms with Crippen LogP contribution in [0.25, 0.3) is 0 Å². The van der Waals surface area contributed by atoms with E-state index in [9.17, 15) is 34.2 Å². The second-order valence-corrected chi connectivity index (χ2v) is 4.80. The average molecular weight is 331 g/mol. The normalized spacial score (nSPS) is 13.1. The summed E-state index contributed by atoms with van der Waals surface area (Å²) in [4.78, 5) is 44.9. The summed E-state index contributed by atoms with van der Waals surface area (Å²) >= 11 is 0. The molecule has 0 aromatic heterocycles. The average Bonchev–Trinajstić information content (AvgIpc) is 2.78. The molecule has 0 fully saturated rings. The summed E-state index contributed by atoms with van der Waals surface area (Å²) in [6, 6.07) is 6.52. The highest BCUT2D eigenvalue weighted by Gasteiger charge is 2.41. The number of rotatable bonds is 3. The van der Waals surface area contributed by atoms with Gasteiger partial charge in [0.2, 0.25) is 5.82 Å². The molecule has 3 rings (SSSR count). The van der Waals surface area contributed by atoms with Gasteiger partial charge in [0.25, 0.3) is 11.8 Å². The first kappa shape index (κ1) is 15.2. The highest BCUT2D eigenvalue weighted by atomic mass is 19.1. The van der Waals surface area contributed by atoms with Gasteiger partial charge in [0.1, 0.15) is 5.69 Å². The summed E-state index contributed by atoms with van der Waals surface area (Å²) < 4.78 is 13.9. The van der Waals surface area contributed by atoms with E-state index in [1.807, 2.05) is 0 Å². The van der Waals surface area contributed by atoms with Gasteiger partial charge >= 0.3 is 11.4 Å². The monoisotopic (exact) mass is 331 g/mol. The van der Waals surface area contributed by atoms with Gasteiger partial charge in [0, 0.05) is 6.07 Å². The smallest absolute Gasteiger partial charge is 0.268 e. The van der Waals surface area contributed by atoms with Gasteiger partial charge in [-0.2, -0.15) is 4.39 Å². The van der Waals surface area contributed by atoms with E-state index < -0.39 is 44.5 Å². The first-order chi connectivity index (χ1) is 11.3. The molecule has 10 heteroatoms. The Hall–Kier alpha value is -3.69. The number of nitro groups is 2. The van der Waals surface area contributed by atoms with E-state index in [1.54, 1.807) is 0 Å². The van der Waals surface area contributed by atoms with Gasteiger partial charge in [-0.05, 0) is 12.1 Å². The number of carbonyl (C=O) groups excluding carboxylic acids is 2. The van der Waals surface area contributed by atoms with Gasteiger partial charge in [-0.1, -0.05) is 12.1 Å². The van der Waals surface area contributed by atoms with E-state index in [2.05, 4.69) is 0 Å². The van der Waals surface area contributed by atoms with Crippen molar-refractivity contribution in [2.24, 2.45) is 0 Å². The van der Waals surface area contributed by atoms with Crippen LogP contribution >= 0.6 is 0 Å². The zero-order chi connectivity index (χ0) is 17.6. The Labute approximate surface area is 132 Å². The number of nitrogens with zero attached hydrogens (tertiary/aromatic N) is 3. The van der Waals surface area contributed by atoms with E-state index in [-0.39, 0.29) is 11.1 Å². The van der Waals surface area contributed by atoms with Crippen LogP contribution < -0.4 is 4.90 Å². The second kappa shape index (κ2) is 5.19. The molecule has 2 amide bonds. The molecule has 0 saturated heterocycles. The predicted molar refractivity (Wildman–Crippen MR) is 77.3 cm³/mol. The van der Waals surface area contributed by atoms with Crippen LogP contribution in [0.1, 0.15) is 20.7 Å². The van der Waals surface area contributed by atoms with E-state index in [0.717, 1.165) is 0 Å². The number of fused-ring (bicyclic) bond motifs is 1. The molecule has 1 aliphatic rings. The van der Waals surface area contributed by atoms with Gasteiger partial charge in [-0.25, -0.2) is 4.90 Å². The van der Waals surface area contributed by atoms with E-state index in [0.29, 0.717) is 17.0 Å². The van der Waals surface area contributed by atoms with Crippen LogP contribution in [-0.4, -0.2) is 21.7 Å². The van der Waals surface area contributed by atoms with E-state index in [4.69, 9.17) is 0 Å². The largest absolute Gasteiger partial charge is 0.311 e. The van der Waals surface area contributed by atoms with Crippen molar-refractivity contribution in [2.45, 2.75) is 0 Å². The highest BCUT2D eigenvalue weighted by molar-refractivity contribution is 6.35. The van der Waals surface area contributed by atoms with Gasteiger partial charge < -0.3 is 0 Å². The molecule has 0 unspecified atom stereocenters. The fourth-order valence-corrected chi connectivity index (χ4v) is 2.41. The minimum absolute atomic E-state index is 0.00978. The molecule has 0 aliphatic carbocycles. The molecule has 24 heavy (non-hydrogen) atoms. The number of hydrogen-bond donors (Lipinski definition) is 0. The number of anilines is 1. The molecular formula is C14H6FN3O6. The van der Waals surface area contributed by atoms with Gasteiger partial charge in [0.05, 0.1) is 27.0 Å². The minimum atomic E-state index is -1.39. The standard InChI is InChI=1S/C14H6FN3O6/c15-9-5-11(12(18(23)24)6-10(9)17(21)22)16-13(19)7-3-1-2-4-8(7)14(16)20/h1-6H. The lowest BCUT2D eigenvalue weighted by Gasteiger charge is -2.14. The van der Waals surface area contributed by atoms with Gasteiger partial charge in [-0.3, -0.25) is 29.8 Å². The molecule has 0 bridgehead atoms. The summed E-state index contributed by atoms with van der Waals surface area (Å²) in [5.41, 5.74) is -2.68. The van der Waals surface area contributed by atoms with Crippen LogP contribution in [0.5, 0.6) is 0 Å². The van der Waals surface area contributed by atoms with Crippen molar-refractivity contribution < 1.29 is 23.8 Å². The lowest BCUT2D eigenvalue weighted by atomic mass is 10.1. The van der Waals surface area contributed by atoms with Gasteiger partial charge in [0.15, 0.2) is 0 Å². The quantitative estimate of drug-likeness (QED) is 0.483. The maximum Gasteiger partial charge on any atom is 0.311 e. The molecule has 1 heterocycles. The van der Waals surface area contributed by atoms with Crippen molar-refractivity contribution >= 4 is 28.9 Å². The zero-order valence-corrected chi connectivity index (χ0v) is 11.6. The van der Waals surface area contributed by atoms with Crippen molar-refractivity contribution in [1.82, 2.24) is 0 Å². The highest BCUT2D eigenvalue weighted by Crippen LogP contribution is 2.38. The topological polar surface area (TPSA) is 124 Å². The summed E-state index contributed by atoms with van der Waals surface area (Å²) in [5.74, 6) is -3.13. The minimum Gasteiger partial charge on any atom is -0.268 e. The third kappa shape index (κ3) is 2.08. The molecule has 2 aromatic carbocycles. The molecule has 0 radical (unpaired) electrons. The zero-order valence-electron chi connectivity index (χ0n) is 11.6. The molecule has 9 nitrogen and oxygen atoms in total. The molecule has 0 saturated carbocycles. The molecule has 0 atom stereocenters. The fourth-order valence-electron chi connectivity index (χ4n) is 2.41. The Morgan fingerprint density at radius 2 is 1.38 bits per heavy atom. The fraction of sp³-hybridized carbons (Fsp3) is 0.